The Hall–Kier alpha value is -0.730. The summed E-state index contributed by atoms with van der Waals surface area (Å²) in [6, 6.07) is 7.04. The minimum atomic E-state index is 0.0801. The van der Waals surface area contributed by atoms with Gasteiger partial charge in [-0.15, -0.1) is 11.6 Å². The number of piperidine rings is 1. The summed E-state index contributed by atoms with van der Waals surface area (Å²) in [6.45, 7) is 1.60. The molecular formula is C13H15Cl2NO. The quantitative estimate of drug-likeness (QED) is 0.755. The SMILES string of the molecule is O=C(c1ccc(Cl)cc1)N1CCCC(CCl)C1. The molecule has 92 valence electrons. The molecule has 0 bridgehead atoms. The summed E-state index contributed by atoms with van der Waals surface area (Å²) in [5.41, 5.74) is 0.699. The lowest BCUT2D eigenvalue weighted by Crippen LogP contribution is -2.40. The highest BCUT2D eigenvalue weighted by molar-refractivity contribution is 6.30. The number of amides is 1. The van der Waals surface area contributed by atoms with Gasteiger partial charge < -0.3 is 4.90 Å². The molecule has 1 fully saturated rings. The second kappa shape index (κ2) is 5.74. The maximum atomic E-state index is 12.2. The molecule has 0 aromatic heterocycles. The molecule has 0 aliphatic carbocycles. The first kappa shape index (κ1) is 12.7. The molecule has 0 N–H and O–H groups in total. The third-order valence-electron chi connectivity index (χ3n) is 3.12. The Kier molecular flexibility index (Phi) is 4.30. The van der Waals surface area contributed by atoms with Crippen molar-refractivity contribution >= 4 is 29.1 Å². The fourth-order valence-corrected chi connectivity index (χ4v) is 2.53. The zero-order valence-electron chi connectivity index (χ0n) is 9.53. The van der Waals surface area contributed by atoms with Crippen molar-refractivity contribution in [3.63, 3.8) is 0 Å². The van der Waals surface area contributed by atoms with E-state index in [1.807, 2.05) is 4.90 Å². The van der Waals surface area contributed by atoms with E-state index in [2.05, 4.69) is 0 Å². The number of likely N-dealkylation sites (tertiary alicyclic amines) is 1. The first-order valence-corrected chi connectivity index (χ1v) is 6.73. The van der Waals surface area contributed by atoms with Crippen LogP contribution in [0.15, 0.2) is 24.3 Å². The van der Waals surface area contributed by atoms with Crippen LogP contribution in [0, 0.1) is 5.92 Å². The minimum absolute atomic E-state index is 0.0801. The first-order chi connectivity index (χ1) is 8.20. The van der Waals surface area contributed by atoms with Gasteiger partial charge in [-0.1, -0.05) is 11.6 Å². The molecule has 0 spiro atoms. The number of nitrogens with zero attached hydrogens (tertiary/aromatic N) is 1. The van der Waals surface area contributed by atoms with Gasteiger partial charge in [-0.2, -0.15) is 0 Å². The molecule has 17 heavy (non-hydrogen) atoms. The first-order valence-electron chi connectivity index (χ1n) is 5.81. The van der Waals surface area contributed by atoms with Gasteiger partial charge in [-0.25, -0.2) is 0 Å². The number of benzene rings is 1. The summed E-state index contributed by atoms with van der Waals surface area (Å²) in [5.74, 6) is 1.14. The zero-order chi connectivity index (χ0) is 12.3. The van der Waals surface area contributed by atoms with E-state index in [1.165, 1.54) is 0 Å². The Morgan fingerprint density at radius 3 is 2.71 bits per heavy atom. The van der Waals surface area contributed by atoms with Crippen LogP contribution in [-0.2, 0) is 0 Å². The van der Waals surface area contributed by atoms with Crippen LogP contribution in [0.4, 0.5) is 0 Å². The topological polar surface area (TPSA) is 20.3 Å². The molecule has 1 aromatic carbocycles. The summed E-state index contributed by atoms with van der Waals surface area (Å²) >= 11 is 11.7. The van der Waals surface area contributed by atoms with Crippen LogP contribution >= 0.6 is 23.2 Å². The smallest absolute Gasteiger partial charge is 0.253 e. The summed E-state index contributed by atoms with van der Waals surface area (Å²) in [5, 5.41) is 0.652. The number of rotatable bonds is 2. The number of hydrogen-bond donors (Lipinski definition) is 0. The Morgan fingerprint density at radius 2 is 2.06 bits per heavy atom. The molecule has 2 nitrogen and oxygen atoms in total. The third-order valence-corrected chi connectivity index (χ3v) is 3.80. The highest BCUT2D eigenvalue weighted by Gasteiger charge is 2.23. The molecule has 1 amide bonds. The summed E-state index contributed by atoms with van der Waals surface area (Å²) in [4.78, 5) is 14.1. The van der Waals surface area contributed by atoms with Gasteiger partial charge >= 0.3 is 0 Å². The molecule has 1 unspecified atom stereocenters. The zero-order valence-corrected chi connectivity index (χ0v) is 11.0. The van der Waals surface area contributed by atoms with Gasteiger partial charge in [0.2, 0.25) is 0 Å². The molecular weight excluding hydrogens is 257 g/mol. The number of hydrogen-bond acceptors (Lipinski definition) is 1. The Morgan fingerprint density at radius 1 is 1.35 bits per heavy atom. The molecule has 4 heteroatoms. The van der Waals surface area contributed by atoms with E-state index < -0.39 is 0 Å². The van der Waals surface area contributed by atoms with Gasteiger partial charge in [0.1, 0.15) is 0 Å². The third kappa shape index (κ3) is 3.14. The standard InChI is InChI=1S/C13H15Cl2NO/c14-8-10-2-1-7-16(9-10)13(17)11-3-5-12(15)6-4-11/h3-6,10H,1-2,7-9H2. The van der Waals surface area contributed by atoms with E-state index in [0.717, 1.165) is 25.9 Å². The lowest BCUT2D eigenvalue weighted by Gasteiger charge is -2.31. The molecule has 1 aromatic rings. The largest absolute Gasteiger partial charge is 0.338 e. The molecule has 1 heterocycles. The van der Waals surface area contributed by atoms with Crippen LogP contribution < -0.4 is 0 Å². The summed E-state index contributed by atoms with van der Waals surface area (Å²) in [7, 11) is 0. The normalized spacial score (nSPS) is 20.4. The summed E-state index contributed by atoms with van der Waals surface area (Å²) < 4.78 is 0. The molecule has 1 atom stereocenters. The number of halogens is 2. The van der Waals surface area contributed by atoms with Gasteiger partial charge in [0.05, 0.1) is 0 Å². The Balaban J connectivity index is 2.06. The van der Waals surface area contributed by atoms with Crippen LogP contribution in [0.5, 0.6) is 0 Å². The highest BCUT2D eigenvalue weighted by Crippen LogP contribution is 2.20. The Labute approximate surface area is 112 Å². The molecule has 1 aliphatic heterocycles. The van der Waals surface area contributed by atoms with Crippen LogP contribution in [-0.4, -0.2) is 29.8 Å². The fourth-order valence-electron chi connectivity index (χ4n) is 2.15. The maximum absolute atomic E-state index is 12.2. The van der Waals surface area contributed by atoms with E-state index >= 15 is 0 Å². The number of carbonyl (C=O) groups excluding carboxylic acids is 1. The summed E-state index contributed by atoms with van der Waals surface area (Å²) in [6.07, 6.45) is 2.16. The molecule has 2 rings (SSSR count). The van der Waals surface area contributed by atoms with Gasteiger partial charge in [0, 0.05) is 29.6 Å². The van der Waals surface area contributed by atoms with Crippen molar-refractivity contribution in [2.45, 2.75) is 12.8 Å². The highest BCUT2D eigenvalue weighted by atomic mass is 35.5. The number of carbonyl (C=O) groups is 1. The van der Waals surface area contributed by atoms with E-state index in [-0.39, 0.29) is 5.91 Å². The fraction of sp³-hybridized carbons (Fsp3) is 0.462. The van der Waals surface area contributed by atoms with Crippen LogP contribution in [0.3, 0.4) is 0 Å². The van der Waals surface area contributed by atoms with Crippen molar-refractivity contribution in [1.82, 2.24) is 4.90 Å². The van der Waals surface area contributed by atoms with Crippen molar-refractivity contribution in [2.24, 2.45) is 5.92 Å². The van der Waals surface area contributed by atoms with Crippen molar-refractivity contribution in [3.8, 4) is 0 Å². The van der Waals surface area contributed by atoms with Gasteiger partial charge in [0.15, 0.2) is 0 Å². The van der Waals surface area contributed by atoms with Crippen molar-refractivity contribution < 1.29 is 4.79 Å². The predicted molar refractivity (Wildman–Crippen MR) is 70.8 cm³/mol. The van der Waals surface area contributed by atoms with Crippen LogP contribution in [0.1, 0.15) is 23.2 Å². The Bertz CT molecular complexity index is 391. The van der Waals surface area contributed by atoms with Crippen LogP contribution in [0.2, 0.25) is 5.02 Å². The van der Waals surface area contributed by atoms with Gasteiger partial charge in [-0.05, 0) is 43.0 Å². The van der Waals surface area contributed by atoms with Crippen LogP contribution in [0.25, 0.3) is 0 Å². The second-order valence-electron chi connectivity index (χ2n) is 4.42. The average Bonchev–Trinajstić information content (AvgIpc) is 2.39. The van der Waals surface area contributed by atoms with Gasteiger partial charge in [-0.3, -0.25) is 4.79 Å². The van der Waals surface area contributed by atoms with E-state index in [4.69, 9.17) is 23.2 Å². The monoisotopic (exact) mass is 271 g/mol. The molecule has 1 saturated heterocycles. The average molecular weight is 272 g/mol. The van der Waals surface area contributed by atoms with E-state index in [0.29, 0.717) is 22.4 Å². The second-order valence-corrected chi connectivity index (χ2v) is 5.17. The van der Waals surface area contributed by atoms with E-state index in [9.17, 15) is 4.79 Å². The predicted octanol–water partition coefficient (Wildman–Crippen LogP) is 3.43. The van der Waals surface area contributed by atoms with Crippen molar-refractivity contribution in [2.75, 3.05) is 19.0 Å². The number of alkyl halides is 1. The molecule has 0 saturated carbocycles. The lowest BCUT2D eigenvalue weighted by molar-refractivity contribution is 0.0685. The van der Waals surface area contributed by atoms with E-state index in [1.54, 1.807) is 24.3 Å². The molecule has 0 radical (unpaired) electrons. The molecule has 1 aliphatic rings. The van der Waals surface area contributed by atoms with Crippen molar-refractivity contribution in [1.29, 1.82) is 0 Å². The maximum Gasteiger partial charge on any atom is 0.253 e. The lowest BCUT2D eigenvalue weighted by atomic mass is 9.99. The van der Waals surface area contributed by atoms with Gasteiger partial charge in [0.25, 0.3) is 5.91 Å². The van der Waals surface area contributed by atoms with Crippen molar-refractivity contribution in [3.05, 3.63) is 34.9 Å². The minimum Gasteiger partial charge on any atom is -0.338 e.